The highest BCUT2D eigenvalue weighted by Crippen LogP contribution is 2.35. The molecule has 2 nitrogen and oxygen atoms in total. The van der Waals surface area contributed by atoms with Crippen molar-refractivity contribution in [3.05, 3.63) is 63.6 Å². The number of ether oxygens (including phenoxy) is 1. The Kier molecular flexibility index (Phi) is 4.05. The highest BCUT2D eigenvalue weighted by atomic mass is 79.9. The molecule has 2 aromatic carbocycles. The fourth-order valence-corrected chi connectivity index (χ4v) is 3.33. The second-order valence-corrected chi connectivity index (χ2v) is 6.74. The second kappa shape index (κ2) is 5.82. The van der Waals surface area contributed by atoms with E-state index < -0.39 is 0 Å². The van der Waals surface area contributed by atoms with Gasteiger partial charge in [-0.2, -0.15) is 0 Å². The fourth-order valence-electron chi connectivity index (χ4n) is 2.94. The molecule has 1 saturated heterocycles. The van der Waals surface area contributed by atoms with Crippen molar-refractivity contribution in [3.63, 3.8) is 0 Å². The van der Waals surface area contributed by atoms with Crippen LogP contribution in [-0.4, -0.2) is 20.2 Å². The maximum atomic E-state index is 5.36. The smallest absolute Gasteiger partial charge is 0.119 e. The van der Waals surface area contributed by atoms with Crippen LogP contribution in [0.3, 0.4) is 0 Å². The third-order valence-corrected chi connectivity index (χ3v) is 5.15. The van der Waals surface area contributed by atoms with E-state index in [-0.39, 0.29) is 5.41 Å². The van der Waals surface area contributed by atoms with E-state index in [1.165, 1.54) is 16.7 Å². The first-order valence-electron chi connectivity index (χ1n) is 7.23. The fraction of sp³-hybridized carbons (Fsp3) is 0.333. The van der Waals surface area contributed by atoms with Crippen LogP contribution >= 0.6 is 15.9 Å². The molecule has 0 amide bonds. The molecule has 1 N–H and O–H groups in total. The number of nitrogens with one attached hydrogen (secondary N) is 1. The minimum Gasteiger partial charge on any atom is -0.497 e. The first-order chi connectivity index (χ1) is 10.1. The number of hydrogen-bond acceptors (Lipinski definition) is 2. The minimum atomic E-state index is 0.197. The maximum absolute atomic E-state index is 5.36. The number of aryl methyl sites for hydroxylation is 1. The van der Waals surface area contributed by atoms with Gasteiger partial charge in [-0.15, -0.1) is 0 Å². The van der Waals surface area contributed by atoms with Gasteiger partial charge >= 0.3 is 0 Å². The molecular weight excluding hydrogens is 326 g/mol. The molecule has 1 aliphatic rings. The average molecular weight is 346 g/mol. The van der Waals surface area contributed by atoms with E-state index in [1.807, 2.05) is 6.07 Å². The summed E-state index contributed by atoms with van der Waals surface area (Å²) in [5.74, 6) is 0.916. The van der Waals surface area contributed by atoms with Crippen molar-refractivity contribution < 1.29 is 4.74 Å². The Morgan fingerprint density at radius 1 is 1.14 bits per heavy atom. The van der Waals surface area contributed by atoms with Crippen LogP contribution in [0.4, 0.5) is 0 Å². The summed E-state index contributed by atoms with van der Waals surface area (Å²) in [5, 5.41) is 3.44. The summed E-state index contributed by atoms with van der Waals surface area (Å²) in [6.45, 7) is 4.19. The predicted octanol–water partition coefficient (Wildman–Crippen LogP) is 3.85. The van der Waals surface area contributed by atoms with Gasteiger partial charge in [-0.25, -0.2) is 0 Å². The summed E-state index contributed by atoms with van der Waals surface area (Å²) < 4.78 is 6.52. The van der Waals surface area contributed by atoms with Crippen molar-refractivity contribution in [1.29, 1.82) is 0 Å². The van der Waals surface area contributed by atoms with Gasteiger partial charge in [0.15, 0.2) is 0 Å². The molecule has 0 aliphatic carbocycles. The number of benzene rings is 2. The highest BCUT2D eigenvalue weighted by Gasteiger charge is 2.39. The standard InChI is InChI=1S/C18H20BrNO/c1-13-3-5-15(6-4-13)18(11-20-12-18)10-14-9-16(21-2)7-8-17(14)19/h3-9,20H,10-12H2,1-2H3. The summed E-state index contributed by atoms with van der Waals surface area (Å²) in [6, 6.07) is 15.1. The van der Waals surface area contributed by atoms with E-state index in [0.717, 1.165) is 29.7 Å². The number of halogens is 1. The Labute approximate surface area is 134 Å². The first kappa shape index (κ1) is 14.6. The van der Waals surface area contributed by atoms with Crippen LogP contribution in [0.15, 0.2) is 46.9 Å². The Morgan fingerprint density at radius 2 is 1.86 bits per heavy atom. The quantitative estimate of drug-likeness (QED) is 0.908. The zero-order valence-electron chi connectivity index (χ0n) is 12.4. The molecule has 110 valence electrons. The van der Waals surface area contributed by atoms with Crippen LogP contribution in [-0.2, 0) is 11.8 Å². The van der Waals surface area contributed by atoms with E-state index in [0.29, 0.717) is 0 Å². The third-order valence-electron chi connectivity index (χ3n) is 4.37. The lowest BCUT2D eigenvalue weighted by Crippen LogP contribution is -2.58. The summed E-state index contributed by atoms with van der Waals surface area (Å²) in [5.41, 5.74) is 4.23. The molecule has 0 unspecified atom stereocenters. The molecule has 1 aliphatic heterocycles. The summed E-state index contributed by atoms with van der Waals surface area (Å²) in [4.78, 5) is 0. The van der Waals surface area contributed by atoms with Crippen molar-refractivity contribution in [1.82, 2.24) is 5.32 Å². The number of methoxy groups -OCH3 is 1. The molecule has 0 saturated carbocycles. The lowest BCUT2D eigenvalue weighted by molar-refractivity contribution is 0.274. The minimum absolute atomic E-state index is 0.197. The molecular formula is C18H20BrNO. The molecule has 3 heteroatoms. The topological polar surface area (TPSA) is 21.3 Å². The van der Waals surface area contributed by atoms with E-state index in [1.54, 1.807) is 7.11 Å². The normalized spacial score (nSPS) is 16.3. The maximum Gasteiger partial charge on any atom is 0.119 e. The lowest BCUT2D eigenvalue weighted by Gasteiger charge is -2.44. The van der Waals surface area contributed by atoms with Crippen LogP contribution in [0.2, 0.25) is 0 Å². The van der Waals surface area contributed by atoms with Crippen LogP contribution in [0.5, 0.6) is 5.75 Å². The number of hydrogen-bond donors (Lipinski definition) is 1. The van der Waals surface area contributed by atoms with Gasteiger partial charge in [-0.3, -0.25) is 0 Å². The zero-order valence-corrected chi connectivity index (χ0v) is 14.0. The highest BCUT2D eigenvalue weighted by molar-refractivity contribution is 9.10. The van der Waals surface area contributed by atoms with E-state index in [4.69, 9.17) is 4.74 Å². The van der Waals surface area contributed by atoms with Crippen molar-refractivity contribution in [2.75, 3.05) is 20.2 Å². The van der Waals surface area contributed by atoms with Crippen LogP contribution in [0, 0.1) is 6.92 Å². The second-order valence-electron chi connectivity index (χ2n) is 5.88. The Hall–Kier alpha value is -1.32. The largest absolute Gasteiger partial charge is 0.497 e. The van der Waals surface area contributed by atoms with Crippen LogP contribution < -0.4 is 10.1 Å². The van der Waals surface area contributed by atoms with Gasteiger partial charge < -0.3 is 10.1 Å². The summed E-state index contributed by atoms with van der Waals surface area (Å²) in [6.07, 6.45) is 1.01. The van der Waals surface area contributed by atoms with Gasteiger partial charge in [0.05, 0.1) is 7.11 Å². The zero-order chi connectivity index (χ0) is 14.9. The molecule has 21 heavy (non-hydrogen) atoms. The van der Waals surface area contributed by atoms with Gasteiger partial charge in [-0.1, -0.05) is 45.8 Å². The molecule has 0 bridgehead atoms. The Balaban J connectivity index is 1.92. The summed E-state index contributed by atoms with van der Waals surface area (Å²) in [7, 11) is 1.72. The van der Waals surface area contributed by atoms with Gasteiger partial charge in [-0.05, 0) is 42.7 Å². The lowest BCUT2D eigenvalue weighted by atomic mass is 9.71. The average Bonchev–Trinajstić information content (AvgIpc) is 2.46. The van der Waals surface area contributed by atoms with Crippen molar-refractivity contribution >= 4 is 15.9 Å². The molecule has 0 radical (unpaired) electrons. The molecule has 1 heterocycles. The number of rotatable bonds is 4. The molecule has 0 aromatic heterocycles. The predicted molar refractivity (Wildman–Crippen MR) is 90.1 cm³/mol. The molecule has 3 rings (SSSR count). The summed E-state index contributed by atoms with van der Waals surface area (Å²) >= 11 is 3.67. The van der Waals surface area contributed by atoms with Crippen molar-refractivity contribution in [3.8, 4) is 5.75 Å². The van der Waals surface area contributed by atoms with Gasteiger partial charge in [0, 0.05) is 23.0 Å². The van der Waals surface area contributed by atoms with Crippen molar-refractivity contribution in [2.24, 2.45) is 0 Å². The van der Waals surface area contributed by atoms with E-state index >= 15 is 0 Å². The van der Waals surface area contributed by atoms with E-state index in [9.17, 15) is 0 Å². The first-order valence-corrected chi connectivity index (χ1v) is 8.03. The Morgan fingerprint density at radius 3 is 2.43 bits per heavy atom. The van der Waals surface area contributed by atoms with Gasteiger partial charge in [0.25, 0.3) is 0 Å². The monoisotopic (exact) mass is 345 g/mol. The molecule has 0 spiro atoms. The van der Waals surface area contributed by atoms with Gasteiger partial charge in [0.2, 0.25) is 0 Å². The molecule has 0 atom stereocenters. The molecule has 2 aromatic rings. The van der Waals surface area contributed by atoms with Crippen LogP contribution in [0.1, 0.15) is 16.7 Å². The van der Waals surface area contributed by atoms with Crippen LogP contribution in [0.25, 0.3) is 0 Å². The Bertz CT molecular complexity index is 632. The van der Waals surface area contributed by atoms with E-state index in [2.05, 4.69) is 64.6 Å². The van der Waals surface area contributed by atoms with Crippen molar-refractivity contribution in [2.45, 2.75) is 18.8 Å². The molecule has 1 fully saturated rings. The van der Waals surface area contributed by atoms with Gasteiger partial charge in [0.1, 0.15) is 5.75 Å². The third kappa shape index (κ3) is 2.85. The SMILES string of the molecule is COc1ccc(Br)c(CC2(c3ccc(C)cc3)CNC2)c1.